The summed E-state index contributed by atoms with van der Waals surface area (Å²) in [6.07, 6.45) is 4.26. The van der Waals surface area contributed by atoms with Crippen LogP contribution in [0.3, 0.4) is 0 Å². The Morgan fingerprint density at radius 1 is 1.21 bits per heavy atom. The highest BCUT2D eigenvalue weighted by atomic mass is 19.1. The van der Waals surface area contributed by atoms with E-state index in [0.29, 0.717) is 30.1 Å². The van der Waals surface area contributed by atoms with Gasteiger partial charge in [-0.15, -0.1) is 0 Å². The van der Waals surface area contributed by atoms with Crippen molar-refractivity contribution >= 4 is 5.91 Å². The van der Waals surface area contributed by atoms with Crippen molar-refractivity contribution in [2.45, 2.75) is 38.6 Å². The molecular weight excluding hydrogens is 355 g/mol. The lowest BCUT2D eigenvalue weighted by Crippen LogP contribution is -2.30. The first-order valence-corrected chi connectivity index (χ1v) is 9.67. The van der Waals surface area contributed by atoms with Crippen LogP contribution in [0.1, 0.15) is 42.3 Å². The number of nitrogens with zero attached hydrogens (tertiary/aromatic N) is 2. The molecular formula is C23H23FN2O2. The first kappa shape index (κ1) is 18.4. The highest BCUT2D eigenvalue weighted by molar-refractivity contribution is 5.77. The molecule has 28 heavy (non-hydrogen) atoms. The number of hydrogen-bond donors (Lipinski definition) is 0. The number of carbonyl (C=O) groups is 1. The van der Waals surface area contributed by atoms with Crippen molar-refractivity contribution < 1.29 is 13.6 Å². The first-order chi connectivity index (χ1) is 13.6. The number of amides is 1. The summed E-state index contributed by atoms with van der Waals surface area (Å²) in [5.74, 6) is 0.602. The van der Waals surface area contributed by atoms with Crippen LogP contribution in [0.5, 0.6) is 0 Å². The Morgan fingerprint density at radius 3 is 2.79 bits per heavy atom. The number of halogens is 1. The van der Waals surface area contributed by atoms with Gasteiger partial charge < -0.3 is 9.32 Å². The van der Waals surface area contributed by atoms with Gasteiger partial charge in [0.15, 0.2) is 11.7 Å². The Bertz CT molecular complexity index is 965. The molecule has 1 aliphatic rings. The van der Waals surface area contributed by atoms with Gasteiger partial charge in [0.2, 0.25) is 5.91 Å². The number of hydrogen-bond acceptors (Lipinski definition) is 3. The highest BCUT2D eigenvalue weighted by Gasteiger charge is 2.29. The monoisotopic (exact) mass is 378 g/mol. The topological polar surface area (TPSA) is 46.3 Å². The maximum Gasteiger partial charge on any atom is 0.223 e. The van der Waals surface area contributed by atoms with E-state index < -0.39 is 0 Å². The third-order valence-electron chi connectivity index (χ3n) is 5.28. The number of aryl methyl sites for hydroxylation is 2. The van der Waals surface area contributed by atoms with E-state index >= 15 is 0 Å². The van der Waals surface area contributed by atoms with Crippen molar-refractivity contribution in [1.29, 1.82) is 0 Å². The van der Waals surface area contributed by atoms with Crippen molar-refractivity contribution in [1.82, 2.24) is 9.88 Å². The Balaban J connectivity index is 1.40. The van der Waals surface area contributed by atoms with Gasteiger partial charge in [0.05, 0.1) is 17.8 Å². The SMILES string of the molecule is Cc1ccc(C2CCCN2C(=O)CCc2ncc(-c3ccccc3F)o2)cc1. The second kappa shape index (κ2) is 7.97. The minimum absolute atomic E-state index is 0.105. The zero-order valence-electron chi connectivity index (χ0n) is 15.9. The van der Waals surface area contributed by atoms with Gasteiger partial charge in [0.1, 0.15) is 5.82 Å². The van der Waals surface area contributed by atoms with Gasteiger partial charge in [0, 0.05) is 19.4 Å². The minimum atomic E-state index is -0.348. The summed E-state index contributed by atoms with van der Waals surface area (Å²) in [6.45, 7) is 2.84. The van der Waals surface area contributed by atoms with Crippen LogP contribution in [0.2, 0.25) is 0 Å². The largest absolute Gasteiger partial charge is 0.441 e. The van der Waals surface area contributed by atoms with E-state index in [9.17, 15) is 9.18 Å². The summed E-state index contributed by atoms with van der Waals surface area (Å²) in [7, 11) is 0. The molecule has 0 N–H and O–H groups in total. The number of aromatic nitrogens is 1. The van der Waals surface area contributed by atoms with E-state index in [2.05, 4.69) is 36.2 Å². The van der Waals surface area contributed by atoms with Crippen LogP contribution in [-0.4, -0.2) is 22.3 Å². The molecule has 0 radical (unpaired) electrons. The molecule has 1 fully saturated rings. The molecule has 3 aromatic rings. The second-order valence-corrected chi connectivity index (χ2v) is 7.25. The number of benzene rings is 2. The third-order valence-corrected chi connectivity index (χ3v) is 5.28. The van der Waals surface area contributed by atoms with Crippen LogP contribution in [0.4, 0.5) is 4.39 Å². The number of oxazole rings is 1. The van der Waals surface area contributed by atoms with Gasteiger partial charge >= 0.3 is 0 Å². The smallest absolute Gasteiger partial charge is 0.223 e. The fourth-order valence-corrected chi connectivity index (χ4v) is 3.77. The highest BCUT2D eigenvalue weighted by Crippen LogP contribution is 2.32. The van der Waals surface area contributed by atoms with E-state index in [0.717, 1.165) is 19.4 Å². The van der Waals surface area contributed by atoms with Gasteiger partial charge in [-0.05, 0) is 37.5 Å². The second-order valence-electron chi connectivity index (χ2n) is 7.25. The molecule has 0 spiro atoms. The summed E-state index contributed by atoms with van der Waals surface area (Å²) in [4.78, 5) is 19.0. The van der Waals surface area contributed by atoms with Crippen molar-refractivity contribution in [2.24, 2.45) is 0 Å². The molecule has 2 heterocycles. The molecule has 1 aromatic heterocycles. The molecule has 1 aliphatic heterocycles. The Labute approximate surface area is 164 Å². The molecule has 0 aliphatic carbocycles. The number of likely N-dealkylation sites (tertiary alicyclic amines) is 1. The molecule has 144 valence electrons. The van der Waals surface area contributed by atoms with Crippen LogP contribution in [0.25, 0.3) is 11.3 Å². The standard InChI is InChI=1S/C23H23FN2O2/c1-16-8-10-17(11-9-16)20-7-4-14-26(20)23(27)13-12-22-25-15-21(28-22)18-5-2-3-6-19(18)24/h2-3,5-6,8-11,15,20H,4,7,12-14H2,1H3. The molecule has 1 amide bonds. The fraction of sp³-hybridized carbons (Fsp3) is 0.304. The first-order valence-electron chi connectivity index (χ1n) is 9.67. The lowest BCUT2D eigenvalue weighted by Gasteiger charge is -2.25. The lowest BCUT2D eigenvalue weighted by molar-refractivity contribution is -0.132. The maximum atomic E-state index is 13.9. The molecule has 1 unspecified atom stereocenters. The van der Waals surface area contributed by atoms with E-state index in [1.54, 1.807) is 18.2 Å². The summed E-state index contributed by atoms with van der Waals surface area (Å²) >= 11 is 0. The van der Waals surface area contributed by atoms with Gasteiger partial charge in [-0.1, -0.05) is 42.0 Å². The van der Waals surface area contributed by atoms with Gasteiger partial charge in [-0.2, -0.15) is 0 Å². The molecule has 5 heteroatoms. The minimum Gasteiger partial charge on any atom is -0.441 e. The van der Waals surface area contributed by atoms with Crippen LogP contribution < -0.4 is 0 Å². The van der Waals surface area contributed by atoms with E-state index in [4.69, 9.17) is 4.42 Å². The third kappa shape index (κ3) is 3.84. The zero-order valence-corrected chi connectivity index (χ0v) is 15.9. The molecule has 0 bridgehead atoms. The molecule has 1 saturated heterocycles. The van der Waals surface area contributed by atoms with Crippen molar-refractivity contribution in [3.63, 3.8) is 0 Å². The quantitative estimate of drug-likeness (QED) is 0.622. The predicted molar refractivity (Wildman–Crippen MR) is 105 cm³/mol. The van der Waals surface area contributed by atoms with Crippen molar-refractivity contribution in [2.75, 3.05) is 6.54 Å². The average Bonchev–Trinajstić information content (AvgIpc) is 3.37. The Kier molecular flexibility index (Phi) is 5.24. The molecule has 4 rings (SSSR count). The molecule has 4 nitrogen and oxygen atoms in total. The van der Waals surface area contributed by atoms with E-state index in [1.165, 1.54) is 23.4 Å². The lowest BCUT2D eigenvalue weighted by atomic mass is 10.0. The Hall–Kier alpha value is -2.95. The number of carbonyl (C=O) groups excluding carboxylic acids is 1. The molecule has 0 saturated carbocycles. The fourth-order valence-electron chi connectivity index (χ4n) is 3.77. The Morgan fingerprint density at radius 2 is 2.00 bits per heavy atom. The number of rotatable bonds is 5. The molecule has 1 atom stereocenters. The normalized spacial score (nSPS) is 16.5. The van der Waals surface area contributed by atoms with Crippen LogP contribution in [0.15, 0.2) is 59.1 Å². The van der Waals surface area contributed by atoms with Crippen LogP contribution >= 0.6 is 0 Å². The summed E-state index contributed by atoms with van der Waals surface area (Å²) in [5, 5.41) is 0. The molecule has 2 aromatic carbocycles. The van der Waals surface area contributed by atoms with Gasteiger partial charge in [-0.25, -0.2) is 9.37 Å². The average molecular weight is 378 g/mol. The maximum absolute atomic E-state index is 13.9. The van der Waals surface area contributed by atoms with Gasteiger partial charge in [-0.3, -0.25) is 4.79 Å². The van der Waals surface area contributed by atoms with E-state index in [-0.39, 0.29) is 17.8 Å². The van der Waals surface area contributed by atoms with Crippen LogP contribution in [0, 0.1) is 12.7 Å². The van der Waals surface area contributed by atoms with Crippen molar-refractivity contribution in [3.8, 4) is 11.3 Å². The van der Waals surface area contributed by atoms with E-state index in [1.807, 2.05) is 4.90 Å². The summed E-state index contributed by atoms with van der Waals surface area (Å²) in [5.41, 5.74) is 2.79. The zero-order chi connectivity index (χ0) is 19.5. The van der Waals surface area contributed by atoms with Gasteiger partial charge in [0.25, 0.3) is 0 Å². The summed E-state index contributed by atoms with van der Waals surface area (Å²) in [6, 6.07) is 15.0. The predicted octanol–water partition coefficient (Wildman–Crippen LogP) is 5.09. The summed E-state index contributed by atoms with van der Waals surface area (Å²) < 4.78 is 19.6. The van der Waals surface area contributed by atoms with Crippen LogP contribution in [-0.2, 0) is 11.2 Å². The van der Waals surface area contributed by atoms with Crippen molar-refractivity contribution in [3.05, 3.63) is 77.6 Å².